The topological polar surface area (TPSA) is 96.2 Å². The molecular formula is C19H20F3N7O2S. The van der Waals surface area contributed by atoms with Crippen LogP contribution < -0.4 is 15.8 Å². The molecule has 1 fully saturated rings. The first-order chi connectivity index (χ1) is 15.1. The molecule has 0 unspecified atom stereocenters. The zero-order valence-corrected chi connectivity index (χ0v) is 18.1. The first-order valence-corrected chi connectivity index (χ1v) is 10.5. The number of aromatic nitrogens is 4. The summed E-state index contributed by atoms with van der Waals surface area (Å²) in [6.07, 6.45) is 0.691. The van der Waals surface area contributed by atoms with Crippen molar-refractivity contribution in [3.8, 4) is 0 Å². The van der Waals surface area contributed by atoms with Crippen LogP contribution in [0.1, 0.15) is 18.4 Å². The minimum Gasteiger partial charge on any atom is -0.355 e. The van der Waals surface area contributed by atoms with E-state index in [9.17, 15) is 22.8 Å². The van der Waals surface area contributed by atoms with E-state index in [4.69, 9.17) is 0 Å². The van der Waals surface area contributed by atoms with Crippen molar-refractivity contribution in [3.63, 3.8) is 0 Å². The summed E-state index contributed by atoms with van der Waals surface area (Å²) in [5.74, 6) is 0.732. The molecule has 0 aliphatic carbocycles. The fraction of sp³-hybridized carbons (Fsp3) is 0.421. The maximum Gasteiger partial charge on any atom is 0.417 e. The highest BCUT2D eigenvalue weighted by molar-refractivity contribution is 7.12. The summed E-state index contributed by atoms with van der Waals surface area (Å²) >= 11 is 1.28. The SMILES string of the molecule is CN(C(=O)Nc1cc(C(F)(F)F)cn(C)c1=O)C1CCN(c2cnc3sncc3n2)CC1. The van der Waals surface area contributed by atoms with Crippen LogP contribution in [0.3, 0.4) is 0 Å². The first kappa shape index (κ1) is 22.0. The molecule has 1 saturated heterocycles. The van der Waals surface area contributed by atoms with Crippen molar-refractivity contribution in [1.82, 2.24) is 23.8 Å². The molecular weight excluding hydrogens is 447 g/mol. The third kappa shape index (κ3) is 4.38. The number of amides is 2. The number of pyridine rings is 1. The molecule has 0 saturated carbocycles. The maximum absolute atomic E-state index is 13.1. The summed E-state index contributed by atoms with van der Waals surface area (Å²) in [4.78, 5) is 38.0. The number of nitrogens with zero attached hydrogens (tertiary/aromatic N) is 6. The number of carbonyl (C=O) groups excluding carboxylic acids is 1. The Kier molecular flexibility index (Phi) is 5.75. The van der Waals surface area contributed by atoms with E-state index in [2.05, 4.69) is 24.6 Å². The van der Waals surface area contributed by atoms with Gasteiger partial charge in [0.05, 0.1) is 18.0 Å². The Labute approximate surface area is 184 Å². The van der Waals surface area contributed by atoms with Crippen LogP contribution in [0.4, 0.5) is 29.5 Å². The molecule has 9 nitrogen and oxygen atoms in total. The summed E-state index contributed by atoms with van der Waals surface area (Å²) in [6.45, 7) is 1.26. The number of fused-ring (bicyclic) bond motifs is 1. The number of anilines is 2. The van der Waals surface area contributed by atoms with Crippen molar-refractivity contribution in [2.45, 2.75) is 25.1 Å². The molecule has 1 aliphatic heterocycles. The minimum atomic E-state index is -4.63. The van der Waals surface area contributed by atoms with Crippen LogP contribution in [-0.2, 0) is 13.2 Å². The van der Waals surface area contributed by atoms with Crippen molar-refractivity contribution in [1.29, 1.82) is 0 Å². The fourth-order valence-electron chi connectivity index (χ4n) is 3.62. The third-order valence-electron chi connectivity index (χ3n) is 5.47. The van der Waals surface area contributed by atoms with Gasteiger partial charge in [-0.15, -0.1) is 0 Å². The van der Waals surface area contributed by atoms with Gasteiger partial charge in [-0.3, -0.25) is 4.79 Å². The fourth-order valence-corrected chi connectivity index (χ4v) is 4.17. The molecule has 3 aromatic rings. The van der Waals surface area contributed by atoms with Gasteiger partial charge in [0.2, 0.25) is 0 Å². The van der Waals surface area contributed by atoms with Crippen LogP contribution in [0.2, 0.25) is 0 Å². The average molecular weight is 467 g/mol. The first-order valence-electron chi connectivity index (χ1n) is 9.77. The quantitative estimate of drug-likeness (QED) is 0.636. The number of aryl methyl sites for hydroxylation is 1. The van der Waals surface area contributed by atoms with Gasteiger partial charge in [-0.25, -0.2) is 14.8 Å². The molecule has 170 valence electrons. The maximum atomic E-state index is 13.1. The van der Waals surface area contributed by atoms with E-state index in [1.54, 1.807) is 19.4 Å². The molecule has 0 bridgehead atoms. The highest BCUT2D eigenvalue weighted by Crippen LogP contribution is 2.30. The van der Waals surface area contributed by atoms with Gasteiger partial charge < -0.3 is 19.7 Å². The summed E-state index contributed by atoms with van der Waals surface area (Å²) in [5.41, 5.74) is -1.41. The molecule has 4 heterocycles. The van der Waals surface area contributed by atoms with Crippen LogP contribution in [0.15, 0.2) is 29.5 Å². The lowest BCUT2D eigenvalue weighted by molar-refractivity contribution is -0.138. The van der Waals surface area contributed by atoms with Gasteiger partial charge in [-0.05, 0) is 30.4 Å². The van der Waals surface area contributed by atoms with Crippen LogP contribution in [-0.4, -0.2) is 56.0 Å². The number of nitrogens with one attached hydrogen (secondary N) is 1. The molecule has 3 aromatic heterocycles. The van der Waals surface area contributed by atoms with E-state index in [1.807, 2.05) is 0 Å². The average Bonchev–Trinajstić information content (AvgIpc) is 3.23. The normalized spacial score (nSPS) is 15.2. The molecule has 0 spiro atoms. The van der Waals surface area contributed by atoms with Gasteiger partial charge in [-0.2, -0.15) is 17.5 Å². The zero-order valence-electron chi connectivity index (χ0n) is 17.3. The number of piperidine rings is 1. The number of halogens is 3. The largest absolute Gasteiger partial charge is 0.417 e. The van der Waals surface area contributed by atoms with E-state index in [-0.39, 0.29) is 6.04 Å². The van der Waals surface area contributed by atoms with Gasteiger partial charge in [0.1, 0.15) is 17.0 Å². The standard InChI is InChI=1S/C19H20F3N7O2S/c1-27-10-11(19(20,21)22)7-13(17(27)30)26-18(31)28(2)12-3-5-29(6-4-12)15-9-23-16-14(25-15)8-24-32-16/h7-10,12H,3-6H2,1-2H3,(H,26,31). The Balaban J connectivity index is 1.41. The lowest BCUT2D eigenvalue weighted by atomic mass is 10.0. The zero-order chi connectivity index (χ0) is 23.0. The molecule has 13 heteroatoms. The second-order valence-electron chi connectivity index (χ2n) is 7.56. The summed E-state index contributed by atoms with van der Waals surface area (Å²) < 4.78 is 44.0. The smallest absolute Gasteiger partial charge is 0.355 e. The second kappa shape index (κ2) is 8.37. The number of hydrogen-bond donors (Lipinski definition) is 1. The van der Waals surface area contributed by atoms with Crippen molar-refractivity contribution in [2.75, 3.05) is 30.4 Å². The Hall–Kier alpha value is -3.22. The Morgan fingerprint density at radius 1 is 1.28 bits per heavy atom. The number of alkyl halides is 3. The van der Waals surface area contributed by atoms with Crippen LogP contribution in [0.5, 0.6) is 0 Å². The Bertz CT molecular complexity index is 1200. The molecule has 2 amide bonds. The highest BCUT2D eigenvalue weighted by atomic mass is 32.1. The van der Waals surface area contributed by atoms with E-state index in [0.29, 0.717) is 38.2 Å². The van der Waals surface area contributed by atoms with E-state index < -0.39 is 29.0 Å². The molecule has 1 aliphatic rings. The van der Waals surface area contributed by atoms with Crippen molar-refractivity contribution in [2.24, 2.45) is 7.05 Å². The van der Waals surface area contributed by atoms with Gasteiger partial charge in [0, 0.05) is 39.4 Å². The minimum absolute atomic E-state index is 0.139. The van der Waals surface area contributed by atoms with Gasteiger partial charge in [0.15, 0.2) is 4.83 Å². The third-order valence-corrected chi connectivity index (χ3v) is 6.17. The van der Waals surface area contributed by atoms with Gasteiger partial charge in [-0.1, -0.05) is 0 Å². The summed E-state index contributed by atoms with van der Waals surface area (Å²) in [7, 11) is 2.77. The predicted octanol–water partition coefficient (Wildman–Crippen LogP) is 2.94. The molecule has 0 radical (unpaired) electrons. The van der Waals surface area contributed by atoms with E-state index in [0.717, 1.165) is 20.7 Å². The van der Waals surface area contributed by atoms with Crippen molar-refractivity contribution in [3.05, 3.63) is 40.6 Å². The van der Waals surface area contributed by atoms with Crippen molar-refractivity contribution >= 4 is 39.4 Å². The van der Waals surface area contributed by atoms with E-state index in [1.165, 1.54) is 23.5 Å². The molecule has 4 rings (SSSR count). The number of carbonyl (C=O) groups is 1. The number of urea groups is 1. The number of hydrogen-bond acceptors (Lipinski definition) is 7. The summed E-state index contributed by atoms with van der Waals surface area (Å²) in [6, 6.07) is -0.115. The molecule has 32 heavy (non-hydrogen) atoms. The second-order valence-corrected chi connectivity index (χ2v) is 8.34. The lowest BCUT2D eigenvalue weighted by Gasteiger charge is -2.37. The van der Waals surface area contributed by atoms with Crippen LogP contribution in [0, 0.1) is 0 Å². The Morgan fingerprint density at radius 3 is 2.69 bits per heavy atom. The molecule has 1 N–H and O–H groups in total. The molecule has 0 aromatic carbocycles. The van der Waals surface area contributed by atoms with Crippen LogP contribution in [0.25, 0.3) is 10.3 Å². The highest BCUT2D eigenvalue weighted by Gasteiger charge is 2.33. The lowest BCUT2D eigenvalue weighted by Crippen LogP contribution is -2.47. The Morgan fingerprint density at radius 2 is 2.00 bits per heavy atom. The van der Waals surface area contributed by atoms with E-state index >= 15 is 0 Å². The van der Waals surface area contributed by atoms with Crippen LogP contribution >= 0.6 is 11.5 Å². The monoisotopic (exact) mass is 467 g/mol. The van der Waals surface area contributed by atoms with Crippen molar-refractivity contribution < 1.29 is 18.0 Å². The molecule has 0 atom stereocenters. The predicted molar refractivity (Wildman–Crippen MR) is 114 cm³/mol. The van der Waals surface area contributed by atoms with Gasteiger partial charge in [0.25, 0.3) is 5.56 Å². The summed E-state index contributed by atoms with van der Waals surface area (Å²) in [5, 5.41) is 2.33. The number of rotatable bonds is 3. The van der Waals surface area contributed by atoms with Gasteiger partial charge >= 0.3 is 12.2 Å².